The van der Waals surface area contributed by atoms with Crippen molar-refractivity contribution in [3.8, 4) is 45.0 Å². The highest BCUT2D eigenvalue weighted by Crippen LogP contribution is 2.53. The summed E-state index contributed by atoms with van der Waals surface area (Å²) in [6, 6.07) is 53.6. The van der Waals surface area contributed by atoms with Gasteiger partial charge in [0.1, 0.15) is 27.6 Å². The Morgan fingerprint density at radius 3 is 1.44 bits per heavy atom. The number of rotatable bonds is 0. The van der Waals surface area contributed by atoms with Crippen molar-refractivity contribution in [1.29, 1.82) is 0 Å². The molecule has 2 spiro atoms. The molecule has 0 aliphatic carbocycles. The zero-order chi connectivity index (χ0) is 43.9. The van der Waals surface area contributed by atoms with Gasteiger partial charge in [-0.25, -0.2) is 19.1 Å². The SMILES string of the molecule is C1=C2C=c3cccc4c3=[N+]2C23n5c1cc1cccc(c15)-c1ccc5c6nc7c8ccc9[n+]%10c8c8c(ccc%11[n+]8C%108n%10c(cc%12cccc-%11c%12%10)Cc%10cc%11cccc-9c%11n%108)c7nc6c6ccc-4[n+]2c6c5[n+]13. The van der Waals surface area contributed by atoms with Gasteiger partial charge in [0.2, 0.25) is 33.8 Å². The minimum Gasteiger partial charge on any atom is -0.243 e. The van der Waals surface area contributed by atoms with E-state index in [0.29, 0.717) is 0 Å². The number of hydrogen-bond acceptors (Lipinski definition) is 2. The minimum atomic E-state index is -0.771. The molecule has 0 amide bonds. The number of hydrogen-bond donors (Lipinski definition) is 0. The third-order valence-electron chi connectivity index (χ3n) is 18.5. The van der Waals surface area contributed by atoms with Crippen LogP contribution in [0.15, 0.2) is 145 Å². The third kappa shape index (κ3) is 2.58. The lowest BCUT2D eigenvalue weighted by Crippen LogP contribution is -2.85. The smallest absolute Gasteiger partial charge is 0.243 e. The summed E-state index contributed by atoms with van der Waals surface area (Å²) >= 11 is 0. The molecular formula is C60H27N10+5. The van der Waals surface area contributed by atoms with Gasteiger partial charge in [0.25, 0.3) is 11.0 Å². The normalized spacial score (nSPS) is 19.9. The number of benzene rings is 6. The standard InChI is InChI=1S/C60H27N10/c1-5-27-21-31-25-32-22-28-6-2-10-36-44-18-14-40-48-47(39-13-17-43-35(9-1)51(27)63(31)59(64(32)52(28)36)67(43)55(39)56(40)68(44)59)61-49-41-15-19-45-37-11-3-7-29-23-33-26-34-24-30-8-4-12-38-46-20-16-42(50(49)62-48)58-57(41)69(45)60(70(46)58,65(33)53(29)37)66(34)54(30)38/h1-25H,26H2/q+5. The molecule has 9 aliphatic rings. The van der Waals surface area contributed by atoms with E-state index < -0.39 is 11.8 Å². The number of para-hydroxylation sites is 4. The van der Waals surface area contributed by atoms with Crippen LogP contribution in [0, 0.1) is 0 Å². The van der Waals surface area contributed by atoms with Crippen molar-refractivity contribution < 1.29 is 18.3 Å². The van der Waals surface area contributed by atoms with Gasteiger partial charge < -0.3 is 0 Å². The van der Waals surface area contributed by atoms with Gasteiger partial charge in [-0.2, -0.15) is 4.57 Å². The molecule has 0 saturated heterocycles. The highest BCUT2D eigenvalue weighted by atomic mass is 15.6. The van der Waals surface area contributed by atoms with E-state index in [1.54, 1.807) is 0 Å². The molecule has 0 saturated carbocycles. The zero-order valence-electron chi connectivity index (χ0n) is 36.6. The first-order valence-corrected chi connectivity index (χ1v) is 24.5. The molecule has 0 N–H and O–H groups in total. The summed E-state index contributed by atoms with van der Waals surface area (Å²) in [5.74, 6) is -1.51. The van der Waals surface area contributed by atoms with Crippen LogP contribution in [-0.4, -0.2) is 23.7 Å². The summed E-state index contributed by atoms with van der Waals surface area (Å²) in [6.07, 6.45) is 5.65. The molecule has 0 radical (unpaired) electrons. The average molecular weight is 888 g/mol. The second-order valence-corrected chi connectivity index (χ2v) is 21.1. The van der Waals surface area contributed by atoms with E-state index in [9.17, 15) is 0 Å². The van der Waals surface area contributed by atoms with Crippen LogP contribution < -0.4 is 33.4 Å². The van der Waals surface area contributed by atoms with Gasteiger partial charge in [-0.05, 0) is 86.5 Å². The van der Waals surface area contributed by atoms with Gasteiger partial charge in [0.15, 0.2) is 0 Å². The van der Waals surface area contributed by atoms with Gasteiger partial charge in [0.05, 0.1) is 65.7 Å². The lowest BCUT2D eigenvalue weighted by molar-refractivity contribution is -0.968. The topological polar surface area (TPSA) is 59.1 Å². The van der Waals surface area contributed by atoms with E-state index in [1.165, 1.54) is 133 Å². The first kappa shape index (κ1) is 31.5. The van der Waals surface area contributed by atoms with Crippen LogP contribution in [0.1, 0.15) is 17.1 Å². The van der Waals surface area contributed by atoms with E-state index in [-0.39, 0.29) is 0 Å². The number of allylic oxidation sites excluding steroid dienone is 1. The maximum Gasteiger partial charge on any atom is 0.667 e. The summed E-state index contributed by atoms with van der Waals surface area (Å²) in [6.45, 7) is 0. The van der Waals surface area contributed by atoms with Gasteiger partial charge >= 0.3 is 22.9 Å². The summed E-state index contributed by atoms with van der Waals surface area (Å²) < 4.78 is 21.4. The Morgan fingerprint density at radius 1 is 0.429 bits per heavy atom. The Hall–Kier alpha value is -9.41. The Labute approximate surface area is 391 Å². The first-order chi connectivity index (χ1) is 34.7. The fraction of sp³-hybridized carbons (Fsp3) is 0.0500. The Kier molecular flexibility index (Phi) is 4.06. The molecule has 0 fully saturated rings. The van der Waals surface area contributed by atoms with Crippen LogP contribution in [0.2, 0.25) is 0 Å². The minimum absolute atomic E-state index is 0.743. The van der Waals surface area contributed by atoms with Crippen molar-refractivity contribution >= 4 is 111 Å². The van der Waals surface area contributed by atoms with Crippen LogP contribution >= 0.6 is 0 Å². The van der Waals surface area contributed by atoms with E-state index in [4.69, 9.17) is 9.97 Å². The predicted molar refractivity (Wildman–Crippen MR) is 265 cm³/mol. The van der Waals surface area contributed by atoms with Crippen LogP contribution in [0.3, 0.4) is 0 Å². The van der Waals surface area contributed by atoms with Crippen molar-refractivity contribution in [2.75, 3.05) is 0 Å². The molecule has 14 aromatic rings. The van der Waals surface area contributed by atoms with Gasteiger partial charge in [0, 0.05) is 70.4 Å². The Bertz CT molecular complexity index is 5570. The number of nitrogens with zero attached hydrogens (tertiary/aromatic N) is 10. The van der Waals surface area contributed by atoms with E-state index in [0.717, 1.165) is 50.0 Å². The summed E-state index contributed by atoms with van der Waals surface area (Å²) in [7, 11) is 0. The van der Waals surface area contributed by atoms with Crippen molar-refractivity contribution in [2.45, 2.75) is 18.2 Å². The Balaban J connectivity index is 0.953. The van der Waals surface area contributed by atoms with E-state index in [1.807, 2.05) is 0 Å². The number of aromatic nitrogens is 9. The molecule has 10 nitrogen and oxygen atoms in total. The molecule has 9 aliphatic heterocycles. The summed E-state index contributed by atoms with van der Waals surface area (Å²) in [5, 5.41) is 10.8. The van der Waals surface area contributed by atoms with E-state index in [2.05, 4.69) is 188 Å². The van der Waals surface area contributed by atoms with Gasteiger partial charge in [-0.3, -0.25) is 0 Å². The zero-order valence-corrected chi connectivity index (χ0v) is 36.6. The number of fused-ring (bicyclic) bond motifs is 10. The van der Waals surface area contributed by atoms with Crippen LogP contribution in [0.25, 0.3) is 156 Å². The first-order valence-electron chi connectivity index (χ1n) is 24.5. The van der Waals surface area contributed by atoms with Gasteiger partial charge in [-0.1, -0.05) is 51.6 Å². The molecule has 10 heteroatoms. The molecule has 2 atom stereocenters. The summed E-state index contributed by atoms with van der Waals surface area (Å²) in [4.78, 5) is 12.1. The van der Waals surface area contributed by atoms with E-state index >= 15 is 0 Å². The lowest BCUT2D eigenvalue weighted by atomic mass is 10.0. The lowest BCUT2D eigenvalue weighted by Gasteiger charge is -2.36. The third-order valence-corrected chi connectivity index (χ3v) is 18.5. The monoisotopic (exact) mass is 887 g/mol. The molecule has 0 bridgehead atoms. The fourth-order valence-electron chi connectivity index (χ4n) is 16.6. The van der Waals surface area contributed by atoms with Crippen LogP contribution in [0.5, 0.6) is 0 Å². The molecule has 2 unspecified atom stereocenters. The second kappa shape index (κ2) is 9.02. The number of pyridine rings is 4. The fourth-order valence-corrected chi connectivity index (χ4v) is 16.6. The molecule has 6 aromatic carbocycles. The maximum absolute atomic E-state index is 6.03. The highest BCUT2D eigenvalue weighted by Gasteiger charge is 2.79. The molecule has 17 heterocycles. The van der Waals surface area contributed by atoms with Crippen molar-refractivity contribution in [2.24, 2.45) is 0 Å². The predicted octanol–water partition coefficient (Wildman–Crippen LogP) is 7.08. The van der Waals surface area contributed by atoms with Crippen molar-refractivity contribution in [3.63, 3.8) is 0 Å². The van der Waals surface area contributed by atoms with Crippen LogP contribution in [0.4, 0.5) is 0 Å². The van der Waals surface area contributed by atoms with Gasteiger partial charge in [-0.15, -0.1) is 0 Å². The quantitative estimate of drug-likeness (QED) is 0.0930. The molecular weight excluding hydrogens is 861 g/mol. The maximum atomic E-state index is 6.03. The highest BCUT2D eigenvalue weighted by molar-refractivity contribution is 6.25. The molecule has 23 rings (SSSR count). The average Bonchev–Trinajstić information content (AvgIpc) is 4.26. The molecule has 8 aromatic heterocycles. The molecule has 70 heavy (non-hydrogen) atoms. The largest absolute Gasteiger partial charge is 0.667 e. The summed E-state index contributed by atoms with van der Waals surface area (Å²) in [5.41, 5.74) is 27.4. The van der Waals surface area contributed by atoms with Crippen molar-refractivity contribution in [3.05, 3.63) is 173 Å². The Morgan fingerprint density at radius 2 is 0.886 bits per heavy atom. The van der Waals surface area contributed by atoms with Crippen molar-refractivity contribution in [1.82, 2.24) is 28.2 Å². The molecule has 312 valence electrons. The second-order valence-electron chi connectivity index (χ2n) is 21.1. The van der Waals surface area contributed by atoms with Crippen LogP contribution in [-0.2, 0) is 18.2 Å².